The molecule has 33 heavy (non-hydrogen) atoms. The summed E-state index contributed by atoms with van der Waals surface area (Å²) >= 11 is 7.44. The summed E-state index contributed by atoms with van der Waals surface area (Å²) in [6, 6.07) is 14.3. The Morgan fingerprint density at radius 1 is 1.24 bits per heavy atom. The smallest absolute Gasteiger partial charge is 0.407 e. The summed E-state index contributed by atoms with van der Waals surface area (Å²) in [5.74, 6) is -0.960. The number of carboxylic acids is 1. The van der Waals surface area contributed by atoms with Crippen LogP contribution < -0.4 is 10.2 Å². The zero-order chi connectivity index (χ0) is 23.4. The normalized spacial score (nSPS) is 15.8. The molecule has 7 nitrogen and oxygen atoms in total. The first-order chi connectivity index (χ1) is 15.9. The molecule has 2 N–H and O–H groups in total. The highest BCUT2D eigenvalue weighted by Crippen LogP contribution is 2.29. The van der Waals surface area contributed by atoms with Crippen LogP contribution in [0.3, 0.4) is 0 Å². The third-order valence-electron chi connectivity index (χ3n) is 5.54. The second-order valence-corrected chi connectivity index (χ2v) is 9.38. The minimum Gasteiger partial charge on any atom is -0.478 e. The zero-order valence-corrected chi connectivity index (χ0v) is 19.7. The van der Waals surface area contributed by atoms with Gasteiger partial charge in [0.1, 0.15) is 11.6 Å². The van der Waals surface area contributed by atoms with E-state index in [-0.39, 0.29) is 18.2 Å². The number of para-hydroxylation sites is 1. The minimum atomic E-state index is -0.960. The first kappa shape index (κ1) is 23.1. The topological polar surface area (TPSA) is 91.8 Å². The number of aromatic nitrogens is 1. The van der Waals surface area contributed by atoms with E-state index in [4.69, 9.17) is 16.3 Å². The molecule has 1 fully saturated rings. The molecular formula is C24H24ClN3O4S. The number of aromatic carboxylic acids is 1. The lowest BCUT2D eigenvalue weighted by Gasteiger charge is -2.35. The molecule has 0 saturated carbocycles. The molecule has 4 rings (SSSR count). The molecule has 0 spiro atoms. The van der Waals surface area contributed by atoms with E-state index in [1.807, 2.05) is 42.2 Å². The van der Waals surface area contributed by atoms with Crippen LogP contribution in [0.25, 0.3) is 10.6 Å². The van der Waals surface area contributed by atoms with Crippen LogP contribution in [0.1, 0.15) is 33.8 Å². The molecular weight excluding hydrogens is 462 g/mol. The molecule has 1 aliphatic rings. The average molecular weight is 486 g/mol. The molecule has 9 heteroatoms. The summed E-state index contributed by atoms with van der Waals surface area (Å²) in [6.07, 6.45) is 1.16. The van der Waals surface area contributed by atoms with Gasteiger partial charge >= 0.3 is 12.1 Å². The maximum Gasteiger partial charge on any atom is 0.407 e. The number of rotatable bonds is 6. The SMILES string of the molecule is Cc1nc(-c2ccc(Cl)cc2)sc1COC(=O)NC1CCCN(c2ccccc2C(=O)O)C1. The number of nitrogens with zero attached hydrogens (tertiary/aromatic N) is 2. The number of nitrogens with one attached hydrogen (secondary N) is 1. The average Bonchev–Trinajstić information content (AvgIpc) is 3.18. The minimum absolute atomic E-state index is 0.125. The fourth-order valence-corrected chi connectivity index (χ4v) is 4.97. The molecule has 1 aromatic heterocycles. The van der Waals surface area contributed by atoms with Gasteiger partial charge < -0.3 is 20.1 Å². The Morgan fingerprint density at radius 2 is 2.00 bits per heavy atom. The monoisotopic (exact) mass is 485 g/mol. The number of amides is 1. The van der Waals surface area contributed by atoms with Gasteiger partial charge in [0, 0.05) is 29.7 Å². The fraction of sp³-hybridized carbons (Fsp3) is 0.292. The zero-order valence-electron chi connectivity index (χ0n) is 18.1. The Morgan fingerprint density at radius 3 is 2.76 bits per heavy atom. The van der Waals surface area contributed by atoms with Crippen molar-refractivity contribution < 1.29 is 19.4 Å². The summed E-state index contributed by atoms with van der Waals surface area (Å²) in [7, 11) is 0. The largest absolute Gasteiger partial charge is 0.478 e. The number of benzene rings is 2. The van der Waals surface area contributed by atoms with Crippen LogP contribution in [0.4, 0.5) is 10.5 Å². The van der Waals surface area contributed by atoms with Gasteiger partial charge in [-0.2, -0.15) is 0 Å². The number of thiazole rings is 1. The number of hydrogen-bond acceptors (Lipinski definition) is 6. The Bertz CT molecular complexity index is 1150. The van der Waals surface area contributed by atoms with Gasteiger partial charge in [0.05, 0.1) is 21.8 Å². The van der Waals surface area contributed by atoms with Crippen molar-refractivity contribution in [2.24, 2.45) is 0 Å². The quantitative estimate of drug-likeness (QED) is 0.488. The number of ether oxygens (including phenoxy) is 1. The van der Waals surface area contributed by atoms with Crippen LogP contribution in [0.5, 0.6) is 0 Å². The van der Waals surface area contributed by atoms with Gasteiger partial charge in [-0.1, -0.05) is 35.9 Å². The molecule has 0 radical (unpaired) electrons. The highest BCUT2D eigenvalue weighted by Gasteiger charge is 2.25. The molecule has 1 atom stereocenters. The van der Waals surface area contributed by atoms with Crippen molar-refractivity contribution in [2.45, 2.75) is 32.4 Å². The third-order valence-corrected chi connectivity index (χ3v) is 6.97. The van der Waals surface area contributed by atoms with Crippen LogP contribution in [0, 0.1) is 6.92 Å². The van der Waals surface area contributed by atoms with Crippen LogP contribution in [0.15, 0.2) is 48.5 Å². The number of hydrogen-bond donors (Lipinski definition) is 2. The Labute approximate surface area is 201 Å². The molecule has 2 aromatic carbocycles. The molecule has 2 heterocycles. The molecule has 0 aliphatic carbocycles. The predicted molar refractivity (Wildman–Crippen MR) is 129 cm³/mol. The van der Waals surface area contributed by atoms with Gasteiger partial charge in [0.2, 0.25) is 0 Å². The highest BCUT2D eigenvalue weighted by molar-refractivity contribution is 7.15. The number of carbonyl (C=O) groups is 2. The van der Waals surface area contributed by atoms with E-state index in [0.717, 1.165) is 40.5 Å². The van der Waals surface area contributed by atoms with Crippen LogP contribution >= 0.6 is 22.9 Å². The summed E-state index contributed by atoms with van der Waals surface area (Å²) in [5.41, 5.74) is 2.72. The van der Waals surface area contributed by atoms with Crippen molar-refractivity contribution in [3.8, 4) is 10.6 Å². The maximum atomic E-state index is 12.5. The number of anilines is 1. The van der Waals surface area contributed by atoms with Crippen molar-refractivity contribution >= 4 is 40.7 Å². The Kier molecular flexibility index (Phi) is 7.15. The van der Waals surface area contributed by atoms with E-state index in [1.165, 1.54) is 11.3 Å². The maximum absolute atomic E-state index is 12.5. The van der Waals surface area contributed by atoms with E-state index in [9.17, 15) is 14.7 Å². The molecule has 1 amide bonds. The second-order valence-electron chi connectivity index (χ2n) is 7.86. The molecule has 1 aliphatic heterocycles. The van der Waals surface area contributed by atoms with Crippen LogP contribution in [0.2, 0.25) is 5.02 Å². The van der Waals surface area contributed by atoms with E-state index >= 15 is 0 Å². The number of halogens is 1. The van der Waals surface area contributed by atoms with Crippen molar-refractivity contribution in [2.75, 3.05) is 18.0 Å². The number of carbonyl (C=O) groups excluding carboxylic acids is 1. The van der Waals surface area contributed by atoms with E-state index in [2.05, 4.69) is 10.3 Å². The van der Waals surface area contributed by atoms with Gasteiger partial charge in [0.25, 0.3) is 0 Å². The van der Waals surface area contributed by atoms with Crippen molar-refractivity contribution in [1.82, 2.24) is 10.3 Å². The lowest BCUT2D eigenvalue weighted by molar-refractivity contribution is 0.0697. The predicted octanol–water partition coefficient (Wildman–Crippen LogP) is 5.37. The number of alkyl carbamates (subject to hydrolysis) is 1. The summed E-state index contributed by atoms with van der Waals surface area (Å²) in [5, 5.41) is 13.9. The van der Waals surface area contributed by atoms with Gasteiger partial charge in [-0.15, -0.1) is 11.3 Å². The number of carboxylic acid groups (broad SMARTS) is 1. The van der Waals surface area contributed by atoms with E-state index < -0.39 is 12.1 Å². The lowest BCUT2D eigenvalue weighted by atomic mass is 10.0. The molecule has 1 unspecified atom stereocenters. The van der Waals surface area contributed by atoms with Crippen LogP contribution in [-0.2, 0) is 11.3 Å². The first-order valence-electron chi connectivity index (χ1n) is 10.6. The fourth-order valence-electron chi connectivity index (χ4n) is 3.86. The van der Waals surface area contributed by atoms with Crippen molar-refractivity contribution in [3.63, 3.8) is 0 Å². The van der Waals surface area contributed by atoms with E-state index in [0.29, 0.717) is 17.3 Å². The third kappa shape index (κ3) is 5.64. The highest BCUT2D eigenvalue weighted by atomic mass is 35.5. The number of piperidine rings is 1. The molecule has 3 aromatic rings. The van der Waals surface area contributed by atoms with Crippen molar-refractivity contribution in [1.29, 1.82) is 0 Å². The molecule has 1 saturated heterocycles. The van der Waals surface area contributed by atoms with Gasteiger partial charge in [-0.05, 0) is 44.0 Å². The Balaban J connectivity index is 1.34. The first-order valence-corrected chi connectivity index (χ1v) is 11.8. The second kappa shape index (κ2) is 10.2. The summed E-state index contributed by atoms with van der Waals surface area (Å²) < 4.78 is 5.47. The van der Waals surface area contributed by atoms with Gasteiger partial charge in [-0.3, -0.25) is 0 Å². The molecule has 0 bridgehead atoms. The van der Waals surface area contributed by atoms with Gasteiger partial charge in [-0.25, -0.2) is 14.6 Å². The molecule has 172 valence electrons. The lowest BCUT2D eigenvalue weighted by Crippen LogP contribution is -2.48. The van der Waals surface area contributed by atoms with Crippen LogP contribution in [-0.4, -0.2) is 41.3 Å². The van der Waals surface area contributed by atoms with Gasteiger partial charge in [0.15, 0.2) is 0 Å². The Hall–Kier alpha value is -3.10. The summed E-state index contributed by atoms with van der Waals surface area (Å²) in [4.78, 5) is 31.5. The van der Waals surface area contributed by atoms with Crippen molar-refractivity contribution in [3.05, 3.63) is 69.7 Å². The number of aryl methyl sites for hydroxylation is 1. The summed E-state index contributed by atoms with van der Waals surface area (Å²) in [6.45, 7) is 3.30. The standard InChI is InChI=1S/C24H24ClN3O4S/c1-15-21(33-22(26-15)16-8-10-17(25)11-9-16)14-32-24(31)27-18-5-4-12-28(13-18)20-7-3-2-6-19(20)23(29)30/h2-3,6-11,18H,4-5,12-14H2,1H3,(H,27,31)(H,29,30). The van der Waals surface area contributed by atoms with E-state index in [1.54, 1.807) is 18.2 Å².